The Bertz CT molecular complexity index is 1710. The van der Waals surface area contributed by atoms with Crippen molar-refractivity contribution in [3.8, 4) is 11.1 Å². The fraction of sp³-hybridized carbons (Fsp3) is 0.281. The van der Waals surface area contributed by atoms with Crippen molar-refractivity contribution >= 4 is 17.7 Å². The highest BCUT2D eigenvalue weighted by Gasteiger charge is 2.27. The summed E-state index contributed by atoms with van der Waals surface area (Å²) in [5.74, 6) is -4.19. The zero-order valence-corrected chi connectivity index (χ0v) is 24.1. The lowest BCUT2D eigenvalue weighted by Gasteiger charge is -2.22. The summed E-state index contributed by atoms with van der Waals surface area (Å²) in [6.07, 6.45) is 3.26. The van der Waals surface area contributed by atoms with Crippen molar-refractivity contribution < 1.29 is 27.6 Å². The topological polar surface area (TPSA) is 132 Å². The number of carbonyl (C=O) groups is 3. The van der Waals surface area contributed by atoms with Gasteiger partial charge in [-0.25, -0.2) is 13.2 Å². The molecule has 9 nitrogen and oxygen atoms in total. The maximum atomic E-state index is 14.3. The average Bonchev–Trinajstić information content (AvgIpc) is 3.67. The highest BCUT2D eigenvalue weighted by atomic mass is 19.1. The fourth-order valence-corrected chi connectivity index (χ4v) is 5.00. The van der Waals surface area contributed by atoms with Crippen LogP contribution in [0.2, 0.25) is 0 Å². The minimum atomic E-state index is -0.958. The van der Waals surface area contributed by atoms with Crippen LogP contribution < -0.4 is 16.4 Å². The van der Waals surface area contributed by atoms with Gasteiger partial charge in [0.15, 0.2) is 0 Å². The summed E-state index contributed by atoms with van der Waals surface area (Å²) in [6.45, 7) is 3.58. The van der Waals surface area contributed by atoms with Crippen LogP contribution in [0.1, 0.15) is 76.4 Å². The van der Waals surface area contributed by atoms with Crippen LogP contribution in [0.5, 0.6) is 0 Å². The standard InChI is InChI=1S/C32H31F3N6O3/c1-17(2)28-15-27(32(44)38-22-6-7-22)40-41(28)16-29(42)39-26(12-18-10-20(33)14-21(34)11-18)30-23(4-3-9-37-30)19-5-8-25(35)24(13-19)31(36)43/h3-5,8-11,13-15,17,22,26H,6-7,12,16H2,1-2H3,(H2,36,43)(H,38,44)(H,39,42)/t26-/m0/s1. The molecular formula is C32H31F3N6O3. The van der Waals surface area contributed by atoms with E-state index in [2.05, 4.69) is 20.7 Å². The first-order chi connectivity index (χ1) is 21.0. The number of hydrogen-bond donors (Lipinski definition) is 3. The zero-order chi connectivity index (χ0) is 31.5. The van der Waals surface area contributed by atoms with Crippen LogP contribution in [0.4, 0.5) is 13.2 Å². The maximum absolute atomic E-state index is 14.3. The molecule has 2 aromatic carbocycles. The molecule has 2 heterocycles. The molecular weight excluding hydrogens is 573 g/mol. The molecule has 1 aliphatic rings. The second-order valence-corrected chi connectivity index (χ2v) is 11.1. The second kappa shape index (κ2) is 12.7. The molecule has 0 unspecified atom stereocenters. The summed E-state index contributed by atoms with van der Waals surface area (Å²) in [6, 6.07) is 11.1. The molecule has 12 heteroatoms. The summed E-state index contributed by atoms with van der Waals surface area (Å²) in [5, 5.41) is 10.2. The minimum absolute atomic E-state index is 0.0517. The number of nitrogens with zero attached hydrogens (tertiary/aromatic N) is 3. The van der Waals surface area contributed by atoms with Crippen LogP contribution in [0.15, 0.2) is 60.8 Å². The van der Waals surface area contributed by atoms with Gasteiger partial charge < -0.3 is 16.4 Å². The van der Waals surface area contributed by atoms with Gasteiger partial charge in [0.1, 0.15) is 29.7 Å². The molecule has 3 amide bonds. The van der Waals surface area contributed by atoms with E-state index in [0.717, 1.165) is 37.1 Å². The Labute approximate surface area is 251 Å². The Morgan fingerprint density at radius 2 is 1.75 bits per heavy atom. The van der Waals surface area contributed by atoms with Gasteiger partial charge in [0.05, 0.1) is 17.3 Å². The van der Waals surface area contributed by atoms with Crippen LogP contribution in [0, 0.1) is 17.5 Å². The Morgan fingerprint density at radius 1 is 1.02 bits per heavy atom. The number of primary amides is 1. The monoisotopic (exact) mass is 604 g/mol. The average molecular weight is 605 g/mol. The van der Waals surface area contributed by atoms with Gasteiger partial charge in [0.2, 0.25) is 5.91 Å². The van der Waals surface area contributed by atoms with E-state index in [-0.39, 0.29) is 47.7 Å². The Morgan fingerprint density at radius 3 is 2.41 bits per heavy atom. The normalized spacial score (nSPS) is 13.5. The van der Waals surface area contributed by atoms with Crippen molar-refractivity contribution in [3.05, 3.63) is 106 Å². The Balaban J connectivity index is 1.49. The Kier molecular flexibility index (Phi) is 8.79. The summed E-state index contributed by atoms with van der Waals surface area (Å²) in [4.78, 5) is 42.5. The predicted octanol–water partition coefficient (Wildman–Crippen LogP) is 4.58. The van der Waals surface area contributed by atoms with Crippen LogP contribution in [-0.4, -0.2) is 38.5 Å². The number of nitrogens with two attached hydrogens (primary N) is 1. The summed E-state index contributed by atoms with van der Waals surface area (Å²) in [5.41, 5.74) is 7.30. The van der Waals surface area contributed by atoms with Gasteiger partial charge in [-0.15, -0.1) is 0 Å². The molecule has 2 aromatic heterocycles. The van der Waals surface area contributed by atoms with Crippen molar-refractivity contribution in [2.75, 3.05) is 0 Å². The van der Waals surface area contributed by atoms with Gasteiger partial charge in [0.25, 0.3) is 11.8 Å². The van der Waals surface area contributed by atoms with Gasteiger partial charge >= 0.3 is 0 Å². The third kappa shape index (κ3) is 7.13. The number of nitrogens with one attached hydrogen (secondary N) is 2. The molecule has 0 radical (unpaired) electrons. The largest absolute Gasteiger partial charge is 0.366 e. The molecule has 1 atom stereocenters. The number of amides is 3. The fourth-order valence-electron chi connectivity index (χ4n) is 5.00. The molecule has 0 spiro atoms. The van der Waals surface area contributed by atoms with Gasteiger partial charge in [-0.1, -0.05) is 26.0 Å². The van der Waals surface area contributed by atoms with E-state index in [1.807, 2.05) is 13.8 Å². The second-order valence-electron chi connectivity index (χ2n) is 11.1. The number of rotatable bonds is 11. The van der Waals surface area contributed by atoms with E-state index < -0.39 is 35.3 Å². The third-order valence-electron chi connectivity index (χ3n) is 7.25. The first-order valence-electron chi connectivity index (χ1n) is 14.2. The quantitative estimate of drug-likeness (QED) is 0.231. The summed E-state index contributed by atoms with van der Waals surface area (Å²) < 4.78 is 44.0. The van der Waals surface area contributed by atoms with Crippen LogP contribution in [-0.2, 0) is 17.8 Å². The third-order valence-corrected chi connectivity index (χ3v) is 7.25. The molecule has 1 aliphatic carbocycles. The first kappa shape index (κ1) is 30.5. The Hall–Kier alpha value is -5.00. The zero-order valence-electron chi connectivity index (χ0n) is 24.1. The number of hydrogen-bond acceptors (Lipinski definition) is 5. The molecule has 4 aromatic rings. The number of aromatic nitrogens is 3. The van der Waals surface area contributed by atoms with E-state index in [1.165, 1.54) is 23.0 Å². The summed E-state index contributed by atoms with van der Waals surface area (Å²) in [7, 11) is 0. The SMILES string of the molecule is CC(C)c1cc(C(=O)NC2CC2)nn1CC(=O)N[C@@H](Cc1cc(F)cc(F)c1)c1ncccc1-c1ccc(F)c(C(N)=O)c1. The predicted molar refractivity (Wildman–Crippen MR) is 156 cm³/mol. The van der Waals surface area contributed by atoms with Crippen LogP contribution in [0.25, 0.3) is 11.1 Å². The molecule has 1 fully saturated rings. The van der Waals surface area contributed by atoms with Gasteiger partial charge in [-0.3, -0.25) is 24.0 Å². The lowest BCUT2D eigenvalue weighted by atomic mass is 9.94. The van der Waals surface area contributed by atoms with Crippen molar-refractivity contribution in [2.24, 2.45) is 5.73 Å². The molecule has 228 valence electrons. The lowest BCUT2D eigenvalue weighted by molar-refractivity contribution is -0.122. The molecule has 0 aliphatic heterocycles. The smallest absolute Gasteiger partial charge is 0.272 e. The van der Waals surface area contributed by atoms with E-state index in [9.17, 15) is 27.6 Å². The molecule has 0 saturated heterocycles. The lowest BCUT2D eigenvalue weighted by Crippen LogP contribution is -2.34. The molecule has 44 heavy (non-hydrogen) atoms. The van der Waals surface area contributed by atoms with Gasteiger partial charge in [0, 0.05) is 29.6 Å². The van der Waals surface area contributed by atoms with Crippen molar-refractivity contribution in [1.29, 1.82) is 0 Å². The van der Waals surface area contributed by atoms with E-state index >= 15 is 0 Å². The number of halogens is 3. The maximum Gasteiger partial charge on any atom is 0.272 e. The van der Waals surface area contributed by atoms with E-state index in [0.29, 0.717) is 22.5 Å². The van der Waals surface area contributed by atoms with Gasteiger partial charge in [-0.2, -0.15) is 5.10 Å². The molecule has 1 saturated carbocycles. The molecule has 5 rings (SSSR count). The number of benzene rings is 2. The van der Waals surface area contributed by atoms with Crippen molar-refractivity contribution in [2.45, 2.75) is 57.7 Å². The minimum Gasteiger partial charge on any atom is -0.366 e. The van der Waals surface area contributed by atoms with Crippen molar-refractivity contribution in [1.82, 2.24) is 25.4 Å². The summed E-state index contributed by atoms with van der Waals surface area (Å²) >= 11 is 0. The van der Waals surface area contributed by atoms with Gasteiger partial charge in [-0.05, 0) is 72.7 Å². The highest BCUT2D eigenvalue weighted by Crippen LogP contribution is 2.30. The van der Waals surface area contributed by atoms with Crippen molar-refractivity contribution in [3.63, 3.8) is 0 Å². The highest BCUT2D eigenvalue weighted by molar-refractivity contribution is 5.94. The van der Waals surface area contributed by atoms with Crippen LogP contribution >= 0.6 is 0 Å². The van der Waals surface area contributed by atoms with E-state index in [1.54, 1.807) is 18.2 Å². The molecule has 4 N–H and O–H groups in total. The molecule has 0 bridgehead atoms. The first-order valence-corrected chi connectivity index (χ1v) is 14.2. The van der Waals surface area contributed by atoms with E-state index in [4.69, 9.17) is 5.73 Å². The number of carbonyl (C=O) groups excluding carboxylic acids is 3. The number of pyridine rings is 1. The van der Waals surface area contributed by atoms with Crippen LogP contribution in [0.3, 0.4) is 0 Å².